The molecule has 0 bridgehead atoms. The molecule has 3 heterocycles. The first kappa shape index (κ1) is 18.6. The number of pyridine rings is 1. The van der Waals surface area contributed by atoms with Gasteiger partial charge in [0.25, 0.3) is 0 Å². The first-order chi connectivity index (χ1) is 13.7. The maximum Gasteiger partial charge on any atom is 0.227 e. The van der Waals surface area contributed by atoms with E-state index in [0.717, 1.165) is 63.5 Å². The lowest BCUT2D eigenvalue weighted by Gasteiger charge is -2.40. The first-order valence-electron chi connectivity index (χ1n) is 10.1. The minimum Gasteiger partial charge on any atom is -0.497 e. The number of nitrogens with zero attached hydrogens (tertiary/aromatic N) is 4. The summed E-state index contributed by atoms with van der Waals surface area (Å²) in [5, 5.41) is 0. The van der Waals surface area contributed by atoms with E-state index in [1.54, 1.807) is 7.11 Å². The van der Waals surface area contributed by atoms with Gasteiger partial charge in [-0.3, -0.25) is 9.78 Å². The molecule has 1 amide bonds. The third kappa shape index (κ3) is 4.06. The maximum absolute atomic E-state index is 13.1. The summed E-state index contributed by atoms with van der Waals surface area (Å²) in [6.45, 7) is 5.14. The fourth-order valence-electron chi connectivity index (χ4n) is 4.20. The Morgan fingerprint density at radius 1 is 0.929 bits per heavy atom. The van der Waals surface area contributed by atoms with E-state index in [4.69, 9.17) is 4.74 Å². The van der Waals surface area contributed by atoms with Crippen LogP contribution in [-0.2, 0) is 4.79 Å². The largest absolute Gasteiger partial charge is 0.497 e. The average molecular weight is 380 g/mol. The summed E-state index contributed by atoms with van der Waals surface area (Å²) in [5.41, 5.74) is 2.35. The molecule has 2 aliphatic rings. The number of amides is 1. The highest BCUT2D eigenvalue weighted by Crippen LogP contribution is 2.25. The van der Waals surface area contributed by atoms with E-state index in [1.165, 1.54) is 5.69 Å². The van der Waals surface area contributed by atoms with Crippen molar-refractivity contribution in [2.45, 2.75) is 12.8 Å². The van der Waals surface area contributed by atoms with E-state index in [0.29, 0.717) is 5.91 Å². The standard InChI is InChI=1S/C22H28N4O2/c1-28-21-6-4-19(5-7-21)24-13-15-25(16-14-24)22(27)18-3-2-12-26(17-18)20-8-10-23-11-9-20/h4-11,18H,2-3,12-17H2,1H3/t18-/m1/s1. The van der Waals surface area contributed by atoms with Crippen LogP contribution >= 0.6 is 0 Å². The van der Waals surface area contributed by atoms with Crippen LogP contribution in [0.15, 0.2) is 48.8 Å². The van der Waals surface area contributed by atoms with Crippen molar-refractivity contribution in [1.29, 1.82) is 0 Å². The second-order valence-corrected chi connectivity index (χ2v) is 7.50. The minimum absolute atomic E-state index is 0.0921. The molecular weight excluding hydrogens is 352 g/mol. The molecule has 0 N–H and O–H groups in total. The number of anilines is 2. The monoisotopic (exact) mass is 380 g/mol. The zero-order valence-corrected chi connectivity index (χ0v) is 16.5. The first-order valence-corrected chi connectivity index (χ1v) is 10.1. The van der Waals surface area contributed by atoms with Gasteiger partial charge in [-0.15, -0.1) is 0 Å². The van der Waals surface area contributed by atoms with E-state index in [2.05, 4.69) is 31.8 Å². The summed E-state index contributed by atoms with van der Waals surface area (Å²) >= 11 is 0. The Morgan fingerprint density at radius 2 is 1.61 bits per heavy atom. The number of benzene rings is 1. The average Bonchev–Trinajstić information content (AvgIpc) is 2.79. The Bertz CT molecular complexity index is 773. The maximum atomic E-state index is 13.1. The fourth-order valence-corrected chi connectivity index (χ4v) is 4.20. The summed E-state index contributed by atoms with van der Waals surface area (Å²) in [4.78, 5) is 23.9. The Morgan fingerprint density at radius 3 is 2.29 bits per heavy atom. The van der Waals surface area contributed by atoms with Crippen molar-refractivity contribution in [1.82, 2.24) is 9.88 Å². The molecule has 4 rings (SSSR count). The zero-order chi connectivity index (χ0) is 19.3. The Kier molecular flexibility index (Phi) is 5.65. The van der Waals surface area contributed by atoms with Gasteiger partial charge in [0.2, 0.25) is 5.91 Å². The van der Waals surface area contributed by atoms with Crippen molar-refractivity contribution >= 4 is 17.3 Å². The number of aromatic nitrogens is 1. The molecule has 6 nitrogen and oxygen atoms in total. The van der Waals surface area contributed by atoms with Crippen LogP contribution in [0.25, 0.3) is 0 Å². The molecule has 0 radical (unpaired) electrons. The molecule has 148 valence electrons. The molecule has 1 aromatic heterocycles. The SMILES string of the molecule is COc1ccc(N2CCN(C(=O)[C@@H]3CCCN(c4ccncc4)C3)CC2)cc1. The number of methoxy groups -OCH3 is 1. The van der Waals surface area contributed by atoms with Gasteiger partial charge in [-0.05, 0) is 49.2 Å². The fraction of sp³-hybridized carbons (Fsp3) is 0.455. The van der Waals surface area contributed by atoms with Crippen LogP contribution in [-0.4, -0.2) is 62.2 Å². The number of carbonyl (C=O) groups excluding carboxylic acids is 1. The second-order valence-electron chi connectivity index (χ2n) is 7.50. The van der Waals surface area contributed by atoms with Gasteiger partial charge in [0, 0.05) is 63.0 Å². The van der Waals surface area contributed by atoms with Crippen LogP contribution in [0.2, 0.25) is 0 Å². The van der Waals surface area contributed by atoms with E-state index in [9.17, 15) is 4.79 Å². The molecule has 2 fully saturated rings. The zero-order valence-electron chi connectivity index (χ0n) is 16.5. The molecule has 0 unspecified atom stereocenters. The molecule has 2 aliphatic heterocycles. The molecule has 1 aromatic carbocycles. The number of rotatable bonds is 4. The lowest BCUT2D eigenvalue weighted by molar-refractivity contribution is -0.136. The summed E-state index contributed by atoms with van der Waals surface area (Å²) in [6.07, 6.45) is 5.68. The Labute approximate surface area is 166 Å². The van der Waals surface area contributed by atoms with Crippen molar-refractivity contribution < 1.29 is 9.53 Å². The van der Waals surface area contributed by atoms with Crippen LogP contribution in [0.5, 0.6) is 5.75 Å². The van der Waals surface area contributed by atoms with Gasteiger partial charge >= 0.3 is 0 Å². The molecular formula is C22H28N4O2. The van der Waals surface area contributed by atoms with E-state index < -0.39 is 0 Å². The van der Waals surface area contributed by atoms with Gasteiger partial charge in [0.1, 0.15) is 5.75 Å². The molecule has 0 saturated carbocycles. The van der Waals surface area contributed by atoms with Gasteiger partial charge in [-0.1, -0.05) is 0 Å². The van der Waals surface area contributed by atoms with Crippen LogP contribution in [0.1, 0.15) is 12.8 Å². The summed E-state index contributed by atoms with van der Waals surface area (Å²) in [5.74, 6) is 1.27. The second kappa shape index (κ2) is 8.50. The van der Waals surface area contributed by atoms with Gasteiger partial charge in [-0.25, -0.2) is 0 Å². The van der Waals surface area contributed by atoms with Crippen LogP contribution in [0.3, 0.4) is 0 Å². The van der Waals surface area contributed by atoms with E-state index >= 15 is 0 Å². The van der Waals surface area contributed by atoms with Crippen LogP contribution < -0.4 is 14.5 Å². The smallest absolute Gasteiger partial charge is 0.227 e. The number of hydrogen-bond donors (Lipinski definition) is 0. The third-order valence-corrected chi connectivity index (χ3v) is 5.83. The van der Waals surface area contributed by atoms with Crippen LogP contribution in [0, 0.1) is 5.92 Å². The summed E-state index contributed by atoms with van der Waals surface area (Å²) in [7, 11) is 1.68. The van der Waals surface area contributed by atoms with Gasteiger partial charge in [0.15, 0.2) is 0 Å². The van der Waals surface area contributed by atoms with Gasteiger partial charge < -0.3 is 19.4 Å². The minimum atomic E-state index is 0.0921. The lowest BCUT2D eigenvalue weighted by atomic mass is 9.95. The predicted molar refractivity (Wildman–Crippen MR) is 111 cm³/mol. The third-order valence-electron chi connectivity index (χ3n) is 5.83. The molecule has 6 heteroatoms. The topological polar surface area (TPSA) is 48.9 Å². The number of carbonyl (C=O) groups is 1. The molecule has 2 saturated heterocycles. The van der Waals surface area contributed by atoms with Gasteiger partial charge in [-0.2, -0.15) is 0 Å². The molecule has 1 atom stereocenters. The molecule has 28 heavy (non-hydrogen) atoms. The number of ether oxygens (including phenoxy) is 1. The molecule has 0 aliphatic carbocycles. The Hall–Kier alpha value is -2.76. The van der Waals surface area contributed by atoms with Crippen molar-refractivity contribution in [3.63, 3.8) is 0 Å². The number of piperidine rings is 1. The predicted octanol–water partition coefficient (Wildman–Crippen LogP) is 2.66. The highest BCUT2D eigenvalue weighted by atomic mass is 16.5. The number of piperazine rings is 1. The van der Waals surface area contributed by atoms with E-state index in [1.807, 2.05) is 36.7 Å². The summed E-state index contributed by atoms with van der Waals surface area (Å²) in [6, 6.07) is 12.2. The van der Waals surface area contributed by atoms with Crippen LogP contribution in [0.4, 0.5) is 11.4 Å². The lowest BCUT2D eigenvalue weighted by Crippen LogP contribution is -2.52. The van der Waals surface area contributed by atoms with Crippen molar-refractivity contribution in [2.75, 3.05) is 56.2 Å². The van der Waals surface area contributed by atoms with Crippen molar-refractivity contribution in [2.24, 2.45) is 5.92 Å². The number of hydrogen-bond acceptors (Lipinski definition) is 5. The Balaban J connectivity index is 1.33. The normalized spacial score (nSPS) is 20.2. The summed E-state index contributed by atoms with van der Waals surface area (Å²) < 4.78 is 5.23. The quantitative estimate of drug-likeness (QED) is 0.816. The highest BCUT2D eigenvalue weighted by molar-refractivity contribution is 5.80. The van der Waals surface area contributed by atoms with Crippen molar-refractivity contribution in [3.05, 3.63) is 48.8 Å². The van der Waals surface area contributed by atoms with Gasteiger partial charge in [0.05, 0.1) is 13.0 Å². The highest BCUT2D eigenvalue weighted by Gasteiger charge is 2.31. The van der Waals surface area contributed by atoms with Crippen molar-refractivity contribution in [3.8, 4) is 5.75 Å². The molecule has 2 aromatic rings. The van der Waals surface area contributed by atoms with E-state index in [-0.39, 0.29) is 5.92 Å². The molecule has 0 spiro atoms.